The first-order valence-corrected chi connectivity index (χ1v) is 4.57. The van der Waals surface area contributed by atoms with Crippen molar-refractivity contribution in [2.24, 2.45) is 5.92 Å². The Morgan fingerprint density at radius 3 is 2.31 bits per heavy atom. The number of rotatable bonds is 3. The SMILES string of the molecule is C[C@H](CO)[C@H](O)c1ccc(Cl)cc1. The van der Waals surface area contributed by atoms with Crippen LogP contribution < -0.4 is 0 Å². The molecule has 0 aliphatic heterocycles. The molecule has 0 amide bonds. The lowest BCUT2D eigenvalue weighted by atomic mass is 9.98. The van der Waals surface area contributed by atoms with E-state index in [9.17, 15) is 5.11 Å². The monoisotopic (exact) mass is 200 g/mol. The highest BCUT2D eigenvalue weighted by Gasteiger charge is 2.14. The molecular weight excluding hydrogens is 188 g/mol. The van der Waals surface area contributed by atoms with E-state index in [0.29, 0.717) is 5.02 Å². The zero-order valence-electron chi connectivity index (χ0n) is 7.44. The molecule has 0 fully saturated rings. The molecule has 2 atom stereocenters. The average Bonchev–Trinajstić information content (AvgIpc) is 2.17. The van der Waals surface area contributed by atoms with E-state index < -0.39 is 6.10 Å². The number of aliphatic hydroxyl groups is 2. The zero-order chi connectivity index (χ0) is 9.84. The van der Waals surface area contributed by atoms with Crippen molar-refractivity contribution < 1.29 is 10.2 Å². The van der Waals surface area contributed by atoms with Gasteiger partial charge in [0.15, 0.2) is 0 Å². The van der Waals surface area contributed by atoms with E-state index in [1.165, 1.54) is 0 Å². The third kappa shape index (κ3) is 2.69. The fraction of sp³-hybridized carbons (Fsp3) is 0.400. The van der Waals surface area contributed by atoms with Crippen molar-refractivity contribution in [3.63, 3.8) is 0 Å². The summed E-state index contributed by atoms with van der Waals surface area (Å²) in [5.74, 6) is -0.152. The van der Waals surface area contributed by atoms with Crippen molar-refractivity contribution in [2.45, 2.75) is 13.0 Å². The van der Waals surface area contributed by atoms with Gasteiger partial charge in [0, 0.05) is 17.5 Å². The van der Waals surface area contributed by atoms with Gasteiger partial charge in [0.2, 0.25) is 0 Å². The molecule has 72 valence electrons. The molecule has 0 unspecified atom stereocenters. The van der Waals surface area contributed by atoms with Gasteiger partial charge in [-0.05, 0) is 17.7 Å². The van der Waals surface area contributed by atoms with Crippen LogP contribution in [0.1, 0.15) is 18.6 Å². The second-order valence-electron chi connectivity index (χ2n) is 3.16. The standard InChI is InChI=1S/C10H13ClO2/c1-7(6-12)10(13)8-2-4-9(11)5-3-8/h2-5,7,10,12-13H,6H2,1H3/t7-,10+/m1/s1. The molecule has 2 nitrogen and oxygen atoms in total. The zero-order valence-corrected chi connectivity index (χ0v) is 8.20. The topological polar surface area (TPSA) is 40.5 Å². The first-order valence-electron chi connectivity index (χ1n) is 4.19. The highest BCUT2D eigenvalue weighted by Crippen LogP contribution is 2.22. The van der Waals surface area contributed by atoms with Gasteiger partial charge in [-0.2, -0.15) is 0 Å². The van der Waals surface area contributed by atoms with E-state index in [2.05, 4.69) is 0 Å². The fourth-order valence-electron chi connectivity index (χ4n) is 1.09. The molecule has 13 heavy (non-hydrogen) atoms. The predicted octanol–water partition coefficient (Wildman–Crippen LogP) is 2.00. The fourth-order valence-corrected chi connectivity index (χ4v) is 1.21. The Kier molecular flexibility index (Phi) is 3.72. The molecule has 0 saturated heterocycles. The minimum atomic E-state index is -0.623. The molecule has 0 heterocycles. The summed E-state index contributed by atoms with van der Waals surface area (Å²) < 4.78 is 0. The van der Waals surface area contributed by atoms with Gasteiger partial charge in [-0.3, -0.25) is 0 Å². The maximum absolute atomic E-state index is 9.68. The first kappa shape index (κ1) is 10.5. The molecule has 3 heteroatoms. The lowest BCUT2D eigenvalue weighted by Gasteiger charge is -2.16. The van der Waals surface area contributed by atoms with Crippen LogP contribution in [0.5, 0.6) is 0 Å². The summed E-state index contributed by atoms with van der Waals surface area (Å²) in [6.45, 7) is 1.77. The molecular formula is C10H13ClO2. The van der Waals surface area contributed by atoms with Crippen molar-refractivity contribution >= 4 is 11.6 Å². The van der Waals surface area contributed by atoms with Crippen LogP contribution in [-0.4, -0.2) is 16.8 Å². The second kappa shape index (κ2) is 4.61. The normalized spacial score (nSPS) is 15.4. The third-order valence-corrected chi connectivity index (χ3v) is 2.29. The number of hydrogen-bond acceptors (Lipinski definition) is 2. The van der Waals surface area contributed by atoms with Crippen molar-refractivity contribution in [3.05, 3.63) is 34.9 Å². The molecule has 0 aliphatic rings. The van der Waals surface area contributed by atoms with Crippen molar-refractivity contribution in [1.29, 1.82) is 0 Å². The lowest BCUT2D eigenvalue weighted by Crippen LogP contribution is -2.12. The number of hydrogen-bond donors (Lipinski definition) is 2. The highest BCUT2D eigenvalue weighted by atomic mass is 35.5. The maximum Gasteiger partial charge on any atom is 0.0837 e. The number of halogens is 1. The molecule has 1 rings (SSSR count). The van der Waals surface area contributed by atoms with E-state index in [1.807, 2.05) is 0 Å². The van der Waals surface area contributed by atoms with Crippen molar-refractivity contribution in [3.8, 4) is 0 Å². The molecule has 0 bridgehead atoms. The summed E-state index contributed by atoms with van der Waals surface area (Å²) >= 11 is 5.70. The Labute approximate surface area is 82.8 Å². The first-order chi connectivity index (χ1) is 6.15. The molecule has 0 spiro atoms. The van der Waals surface area contributed by atoms with Crippen LogP contribution >= 0.6 is 11.6 Å². The average molecular weight is 201 g/mol. The van der Waals surface area contributed by atoms with Crippen molar-refractivity contribution in [1.82, 2.24) is 0 Å². The van der Waals surface area contributed by atoms with Gasteiger partial charge in [0.05, 0.1) is 6.10 Å². The second-order valence-corrected chi connectivity index (χ2v) is 3.59. The van der Waals surface area contributed by atoms with Crippen LogP contribution in [0.2, 0.25) is 5.02 Å². The van der Waals surface area contributed by atoms with Crippen LogP contribution in [0, 0.1) is 5.92 Å². The smallest absolute Gasteiger partial charge is 0.0837 e. The van der Waals surface area contributed by atoms with Gasteiger partial charge in [-0.25, -0.2) is 0 Å². The lowest BCUT2D eigenvalue weighted by molar-refractivity contribution is 0.0770. The summed E-state index contributed by atoms with van der Waals surface area (Å²) in [7, 11) is 0. The minimum absolute atomic E-state index is 0.0240. The molecule has 0 aromatic heterocycles. The Hall–Kier alpha value is -0.570. The quantitative estimate of drug-likeness (QED) is 0.784. The largest absolute Gasteiger partial charge is 0.396 e. The number of benzene rings is 1. The van der Waals surface area contributed by atoms with E-state index >= 15 is 0 Å². The predicted molar refractivity (Wildman–Crippen MR) is 52.7 cm³/mol. The third-order valence-electron chi connectivity index (χ3n) is 2.04. The Bertz CT molecular complexity index is 258. The summed E-state index contributed by atoms with van der Waals surface area (Å²) in [6, 6.07) is 6.98. The van der Waals surface area contributed by atoms with Crippen LogP contribution in [0.4, 0.5) is 0 Å². The maximum atomic E-state index is 9.68. The Morgan fingerprint density at radius 2 is 1.85 bits per heavy atom. The molecule has 0 radical (unpaired) electrons. The van der Waals surface area contributed by atoms with E-state index in [0.717, 1.165) is 5.56 Å². The van der Waals surface area contributed by atoms with Gasteiger partial charge >= 0.3 is 0 Å². The summed E-state index contributed by atoms with van der Waals surface area (Å²) in [4.78, 5) is 0. The van der Waals surface area contributed by atoms with Crippen LogP contribution in [-0.2, 0) is 0 Å². The van der Waals surface area contributed by atoms with Gasteiger partial charge in [-0.15, -0.1) is 0 Å². The summed E-state index contributed by atoms with van der Waals surface area (Å²) in [5, 5.41) is 19.2. The van der Waals surface area contributed by atoms with Gasteiger partial charge in [0.25, 0.3) is 0 Å². The summed E-state index contributed by atoms with van der Waals surface area (Å²) in [6.07, 6.45) is -0.623. The molecule has 1 aromatic carbocycles. The van der Waals surface area contributed by atoms with E-state index in [-0.39, 0.29) is 12.5 Å². The van der Waals surface area contributed by atoms with Gasteiger partial charge < -0.3 is 10.2 Å². The van der Waals surface area contributed by atoms with Crippen LogP contribution in [0.3, 0.4) is 0 Å². The molecule has 2 N–H and O–H groups in total. The molecule has 1 aromatic rings. The van der Waals surface area contributed by atoms with Crippen LogP contribution in [0.25, 0.3) is 0 Å². The van der Waals surface area contributed by atoms with Crippen LogP contribution in [0.15, 0.2) is 24.3 Å². The van der Waals surface area contributed by atoms with Gasteiger partial charge in [0.1, 0.15) is 0 Å². The van der Waals surface area contributed by atoms with E-state index in [1.54, 1.807) is 31.2 Å². The molecule has 0 saturated carbocycles. The summed E-state index contributed by atoms with van der Waals surface area (Å²) in [5.41, 5.74) is 0.783. The van der Waals surface area contributed by atoms with Crippen molar-refractivity contribution in [2.75, 3.05) is 6.61 Å². The molecule has 0 aliphatic carbocycles. The Balaban J connectivity index is 2.77. The van der Waals surface area contributed by atoms with E-state index in [4.69, 9.17) is 16.7 Å². The van der Waals surface area contributed by atoms with Gasteiger partial charge in [-0.1, -0.05) is 30.7 Å². The number of aliphatic hydroxyl groups excluding tert-OH is 2. The minimum Gasteiger partial charge on any atom is -0.396 e. The Morgan fingerprint density at radius 1 is 1.31 bits per heavy atom. The highest BCUT2D eigenvalue weighted by molar-refractivity contribution is 6.30.